The molecule has 2 aromatic carbocycles. The summed E-state index contributed by atoms with van der Waals surface area (Å²) in [7, 11) is 1.39. The number of aliphatic hydroxyl groups excluding tert-OH is 1. The molecule has 0 saturated heterocycles. The molecule has 3 nitrogen and oxygen atoms in total. The normalized spacial score (nSPS) is 10.3. The Labute approximate surface area is 118 Å². The van der Waals surface area contributed by atoms with Crippen LogP contribution in [0.3, 0.4) is 0 Å². The molecule has 2 aromatic rings. The molecule has 3 heteroatoms. The highest BCUT2D eigenvalue weighted by Gasteiger charge is 2.05. The molecule has 0 atom stereocenters. The zero-order valence-electron chi connectivity index (χ0n) is 11.5. The van der Waals surface area contributed by atoms with Crippen LogP contribution >= 0.6 is 0 Å². The Morgan fingerprint density at radius 3 is 2.45 bits per heavy atom. The lowest BCUT2D eigenvalue weighted by molar-refractivity contribution is -0.139. The van der Waals surface area contributed by atoms with E-state index in [-0.39, 0.29) is 19.0 Å². The van der Waals surface area contributed by atoms with E-state index in [1.165, 1.54) is 7.11 Å². The molecular formula is C17H18O3. The Hall–Kier alpha value is -2.13. The van der Waals surface area contributed by atoms with Gasteiger partial charge < -0.3 is 9.84 Å². The van der Waals surface area contributed by atoms with E-state index in [4.69, 9.17) is 0 Å². The molecule has 0 aliphatic carbocycles. The fraction of sp³-hybridized carbons (Fsp3) is 0.235. The van der Waals surface area contributed by atoms with E-state index in [9.17, 15) is 9.90 Å². The Balaban J connectivity index is 2.17. The minimum absolute atomic E-state index is 0.0397. The molecule has 0 fully saturated rings. The quantitative estimate of drug-likeness (QED) is 0.849. The van der Waals surface area contributed by atoms with Crippen molar-refractivity contribution >= 4 is 5.97 Å². The van der Waals surface area contributed by atoms with Crippen molar-refractivity contribution in [3.8, 4) is 0 Å². The van der Waals surface area contributed by atoms with Gasteiger partial charge in [-0.25, -0.2) is 0 Å². The molecule has 0 aliphatic heterocycles. The molecule has 0 aromatic heterocycles. The smallest absolute Gasteiger partial charge is 0.309 e. The third-order valence-corrected chi connectivity index (χ3v) is 3.25. The van der Waals surface area contributed by atoms with Gasteiger partial charge in [0, 0.05) is 0 Å². The van der Waals surface area contributed by atoms with Crippen LogP contribution in [0.25, 0.3) is 0 Å². The zero-order chi connectivity index (χ0) is 14.4. The summed E-state index contributed by atoms with van der Waals surface area (Å²) in [6.07, 6.45) is 1.03. The summed E-state index contributed by atoms with van der Waals surface area (Å²) in [6, 6.07) is 15.7. The van der Waals surface area contributed by atoms with Crippen LogP contribution in [-0.4, -0.2) is 18.2 Å². The fourth-order valence-electron chi connectivity index (χ4n) is 2.19. The largest absolute Gasteiger partial charge is 0.469 e. The second-order valence-corrected chi connectivity index (χ2v) is 4.68. The average Bonchev–Trinajstić information content (AvgIpc) is 2.48. The summed E-state index contributed by atoms with van der Waals surface area (Å²) >= 11 is 0. The van der Waals surface area contributed by atoms with Crippen LogP contribution in [0.4, 0.5) is 0 Å². The second kappa shape index (κ2) is 6.87. The number of benzene rings is 2. The van der Waals surface area contributed by atoms with Gasteiger partial charge in [0.1, 0.15) is 0 Å². The number of esters is 1. The van der Waals surface area contributed by atoms with Gasteiger partial charge >= 0.3 is 5.97 Å². The van der Waals surface area contributed by atoms with E-state index in [0.717, 1.165) is 28.7 Å². The standard InChI is InChI=1S/C17H18O3/c1-20-17(19)11-14-6-4-5-13(9-14)10-15-7-2-3-8-16(15)12-18/h2-9,18H,10-12H2,1H3. The van der Waals surface area contributed by atoms with Gasteiger partial charge in [-0.2, -0.15) is 0 Å². The number of rotatable bonds is 5. The van der Waals surface area contributed by atoms with Gasteiger partial charge in [-0.15, -0.1) is 0 Å². The van der Waals surface area contributed by atoms with Crippen LogP contribution < -0.4 is 0 Å². The highest BCUT2D eigenvalue weighted by Crippen LogP contribution is 2.16. The van der Waals surface area contributed by atoms with Crippen molar-refractivity contribution in [3.63, 3.8) is 0 Å². The van der Waals surface area contributed by atoms with E-state index in [2.05, 4.69) is 4.74 Å². The van der Waals surface area contributed by atoms with Gasteiger partial charge in [0.15, 0.2) is 0 Å². The molecule has 0 heterocycles. The predicted octanol–water partition coefficient (Wildman–Crippen LogP) is 2.49. The van der Waals surface area contributed by atoms with Crippen molar-refractivity contribution in [2.45, 2.75) is 19.4 Å². The maximum absolute atomic E-state index is 11.3. The summed E-state index contributed by atoms with van der Waals surface area (Å²) < 4.78 is 4.68. The van der Waals surface area contributed by atoms with E-state index in [1.54, 1.807) is 0 Å². The van der Waals surface area contributed by atoms with Crippen molar-refractivity contribution < 1.29 is 14.6 Å². The lowest BCUT2D eigenvalue weighted by Gasteiger charge is -2.08. The summed E-state index contributed by atoms with van der Waals surface area (Å²) in [5.74, 6) is -0.238. The van der Waals surface area contributed by atoms with Crippen LogP contribution in [0.1, 0.15) is 22.3 Å². The molecule has 0 amide bonds. The third-order valence-electron chi connectivity index (χ3n) is 3.25. The van der Waals surface area contributed by atoms with Gasteiger partial charge in [0.2, 0.25) is 0 Å². The molecule has 2 rings (SSSR count). The van der Waals surface area contributed by atoms with Crippen LogP contribution in [0, 0.1) is 0 Å². The molecule has 0 radical (unpaired) electrons. The fourth-order valence-corrected chi connectivity index (χ4v) is 2.19. The van der Waals surface area contributed by atoms with Gasteiger partial charge in [-0.3, -0.25) is 4.79 Å². The topological polar surface area (TPSA) is 46.5 Å². The summed E-state index contributed by atoms with van der Waals surface area (Å²) in [5, 5.41) is 9.34. The van der Waals surface area contributed by atoms with Gasteiger partial charge in [-0.1, -0.05) is 48.5 Å². The van der Waals surface area contributed by atoms with Crippen LogP contribution in [0.15, 0.2) is 48.5 Å². The first-order chi connectivity index (χ1) is 9.72. The average molecular weight is 270 g/mol. The van der Waals surface area contributed by atoms with Crippen LogP contribution in [0.5, 0.6) is 0 Å². The van der Waals surface area contributed by atoms with Crippen molar-refractivity contribution in [3.05, 3.63) is 70.8 Å². The molecule has 0 unspecified atom stereocenters. The SMILES string of the molecule is COC(=O)Cc1cccc(Cc2ccccc2CO)c1. The first-order valence-electron chi connectivity index (χ1n) is 6.55. The number of methoxy groups -OCH3 is 1. The molecular weight excluding hydrogens is 252 g/mol. The molecule has 20 heavy (non-hydrogen) atoms. The molecule has 0 bridgehead atoms. The summed E-state index contributed by atoms with van der Waals surface area (Å²) in [6.45, 7) is 0.0397. The highest BCUT2D eigenvalue weighted by molar-refractivity contribution is 5.72. The van der Waals surface area contributed by atoms with Crippen molar-refractivity contribution in [2.75, 3.05) is 7.11 Å². The Kier molecular flexibility index (Phi) is 4.91. The maximum atomic E-state index is 11.3. The van der Waals surface area contributed by atoms with Crippen molar-refractivity contribution in [1.82, 2.24) is 0 Å². The Morgan fingerprint density at radius 2 is 1.75 bits per heavy atom. The summed E-state index contributed by atoms with van der Waals surface area (Å²) in [4.78, 5) is 11.3. The van der Waals surface area contributed by atoms with Crippen LogP contribution in [0.2, 0.25) is 0 Å². The Bertz CT molecular complexity index is 590. The van der Waals surface area contributed by atoms with E-state index in [0.29, 0.717) is 0 Å². The molecule has 0 aliphatic rings. The Morgan fingerprint density at radius 1 is 1.05 bits per heavy atom. The number of ether oxygens (including phenoxy) is 1. The van der Waals surface area contributed by atoms with Gasteiger partial charge in [0.25, 0.3) is 0 Å². The molecule has 0 saturated carbocycles. The third kappa shape index (κ3) is 3.68. The highest BCUT2D eigenvalue weighted by atomic mass is 16.5. The lowest BCUT2D eigenvalue weighted by Crippen LogP contribution is -2.05. The first kappa shape index (κ1) is 14.3. The van der Waals surface area contributed by atoms with Gasteiger partial charge in [0.05, 0.1) is 20.1 Å². The van der Waals surface area contributed by atoms with Crippen molar-refractivity contribution in [1.29, 1.82) is 0 Å². The predicted molar refractivity (Wildman–Crippen MR) is 77.3 cm³/mol. The van der Waals surface area contributed by atoms with E-state index in [1.807, 2.05) is 48.5 Å². The number of carbonyl (C=O) groups is 1. The summed E-state index contributed by atoms with van der Waals surface area (Å²) in [5.41, 5.74) is 4.10. The molecule has 0 spiro atoms. The zero-order valence-corrected chi connectivity index (χ0v) is 11.5. The van der Waals surface area contributed by atoms with Crippen molar-refractivity contribution in [2.24, 2.45) is 0 Å². The number of carbonyl (C=O) groups excluding carboxylic acids is 1. The van der Waals surface area contributed by atoms with E-state index < -0.39 is 0 Å². The van der Waals surface area contributed by atoms with E-state index >= 15 is 0 Å². The second-order valence-electron chi connectivity index (χ2n) is 4.68. The first-order valence-corrected chi connectivity index (χ1v) is 6.55. The monoisotopic (exact) mass is 270 g/mol. The number of aliphatic hydroxyl groups is 1. The minimum Gasteiger partial charge on any atom is -0.469 e. The minimum atomic E-state index is -0.238. The molecule has 104 valence electrons. The molecule has 1 N–H and O–H groups in total. The maximum Gasteiger partial charge on any atom is 0.309 e. The van der Waals surface area contributed by atoms with Gasteiger partial charge in [-0.05, 0) is 28.7 Å². The van der Waals surface area contributed by atoms with Crippen LogP contribution in [-0.2, 0) is 29.0 Å². The lowest BCUT2D eigenvalue weighted by atomic mass is 9.98. The number of hydrogen-bond donors (Lipinski definition) is 1. The number of hydrogen-bond acceptors (Lipinski definition) is 3.